The van der Waals surface area contributed by atoms with Crippen LogP contribution in [0.2, 0.25) is 0 Å². The Labute approximate surface area is 130 Å². The van der Waals surface area contributed by atoms with Crippen molar-refractivity contribution in [3.63, 3.8) is 0 Å². The van der Waals surface area contributed by atoms with Crippen molar-refractivity contribution < 1.29 is 13.2 Å². The average molecular weight is 330 g/mol. The molecule has 0 saturated carbocycles. The number of nitrogens with zero attached hydrogens (tertiary/aromatic N) is 2. The number of rotatable bonds is 3. The highest BCUT2D eigenvalue weighted by molar-refractivity contribution is 7.86. The second kappa shape index (κ2) is 5.96. The summed E-state index contributed by atoms with van der Waals surface area (Å²) in [6, 6.07) is 4.15. The third kappa shape index (κ3) is 3.03. The molecule has 1 aromatic rings. The van der Waals surface area contributed by atoms with E-state index in [0.717, 1.165) is 17.7 Å². The number of aryl methyl sites for hydroxylation is 1. The molecule has 0 N–H and O–H groups in total. The molecule has 2 saturated heterocycles. The minimum Gasteiger partial charge on any atom is -0.376 e. The fourth-order valence-electron chi connectivity index (χ4n) is 3.08. The van der Waals surface area contributed by atoms with Crippen molar-refractivity contribution in [1.29, 1.82) is 0 Å². The first-order valence-electron chi connectivity index (χ1n) is 7.43. The molecule has 1 aromatic heterocycles. The predicted molar refractivity (Wildman–Crippen MR) is 83.6 cm³/mol. The van der Waals surface area contributed by atoms with Gasteiger partial charge in [-0.25, -0.2) is 0 Å². The van der Waals surface area contributed by atoms with Crippen molar-refractivity contribution in [2.45, 2.75) is 38.8 Å². The smallest absolute Gasteiger partial charge is 0.282 e. The normalized spacial score (nSPS) is 29.0. The van der Waals surface area contributed by atoms with Crippen LogP contribution in [0.15, 0.2) is 12.1 Å². The fourth-order valence-corrected chi connectivity index (χ4v) is 6.07. The first-order valence-corrected chi connectivity index (χ1v) is 9.64. The molecule has 118 valence electrons. The summed E-state index contributed by atoms with van der Waals surface area (Å²) < 4.78 is 34.6. The Kier molecular flexibility index (Phi) is 4.38. The van der Waals surface area contributed by atoms with Crippen molar-refractivity contribution in [2.24, 2.45) is 0 Å². The first kappa shape index (κ1) is 15.4. The van der Waals surface area contributed by atoms with Gasteiger partial charge < -0.3 is 4.74 Å². The Bertz CT molecular complexity index is 599. The summed E-state index contributed by atoms with van der Waals surface area (Å²) in [5.41, 5.74) is 0. The third-order valence-electron chi connectivity index (χ3n) is 4.12. The van der Waals surface area contributed by atoms with Gasteiger partial charge in [-0.15, -0.1) is 11.3 Å². The van der Waals surface area contributed by atoms with Gasteiger partial charge in [0, 0.05) is 29.4 Å². The van der Waals surface area contributed by atoms with Crippen LogP contribution in [-0.2, 0) is 14.9 Å². The van der Waals surface area contributed by atoms with E-state index >= 15 is 0 Å². The van der Waals surface area contributed by atoms with Crippen LogP contribution in [0.5, 0.6) is 0 Å². The van der Waals surface area contributed by atoms with Crippen molar-refractivity contribution in [3.8, 4) is 0 Å². The molecule has 2 aliphatic heterocycles. The lowest BCUT2D eigenvalue weighted by molar-refractivity contribution is 0.00812. The first-order chi connectivity index (χ1) is 9.98. The molecule has 2 atom stereocenters. The number of thiophene rings is 1. The van der Waals surface area contributed by atoms with E-state index in [1.807, 2.05) is 6.92 Å². The number of morpholine rings is 1. The van der Waals surface area contributed by atoms with Gasteiger partial charge in [-0.2, -0.15) is 17.0 Å². The number of hydrogen-bond donors (Lipinski definition) is 0. The molecule has 5 nitrogen and oxygen atoms in total. The van der Waals surface area contributed by atoms with Gasteiger partial charge in [-0.3, -0.25) is 0 Å². The molecule has 21 heavy (non-hydrogen) atoms. The summed E-state index contributed by atoms with van der Waals surface area (Å²) in [7, 11) is -3.39. The summed E-state index contributed by atoms with van der Waals surface area (Å²) in [5, 5.41) is 0. The molecule has 7 heteroatoms. The third-order valence-corrected chi connectivity index (χ3v) is 7.24. The zero-order chi connectivity index (χ0) is 15.0. The monoisotopic (exact) mass is 330 g/mol. The second-order valence-corrected chi connectivity index (χ2v) is 8.96. The van der Waals surface area contributed by atoms with Crippen LogP contribution in [0.25, 0.3) is 0 Å². The molecule has 2 aliphatic rings. The zero-order valence-corrected chi connectivity index (χ0v) is 14.1. The lowest BCUT2D eigenvalue weighted by Crippen LogP contribution is -2.50. The summed E-state index contributed by atoms with van der Waals surface area (Å²) in [6.45, 7) is 6.00. The number of ether oxygens (including phenoxy) is 1. The highest BCUT2D eigenvalue weighted by Gasteiger charge is 2.40. The van der Waals surface area contributed by atoms with Crippen LogP contribution < -0.4 is 0 Å². The van der Waals surface area contributed by atoms with Gasteiger partial charge in [0.2, 0.25) is 0 Å². The Morgan fingerprint density at radius 1 is 1.33 bits per heavy atom. The summed E-state index contributed by atoms with van der Waals surface area (Å²) in [4.78, 5) is 2.39. The van der Waals surface area contributed by atoms with Gasteiger partial charge in [0.25, 0.3) is 10.2 Å². The highest BCUT2D eigenvalue weighted by atomic mass is 32.2. The van der Waals surface area contributed by atoms with E-state index in [-0.39, 0.29) is 12.1 Å². The number of hydrogen-bond acceptors (Lipinski definition) is 4. The topological polar surface area (TPSA) is 49.9 Å². The lowest BCUT2D eigenvalue weighted by atomic mass is 10.2. The molecule has 3 heterocycles. The van der Waals surface area contributed by atoms with Gasteiger partial charge >= 0.3 is 0 Å². The van der Waals surface area contributed by atoms with Gasteiger partial charge in [0.15, 0.2) is 0 Å². The van der Waals surface area contributed by atoms with Crippen LogP contribution in [0.3, 0.4) is 0 Å². The Balaban J connectivity index is 1.83. The van der Waals surface area contributed by atoms with E-state index in [0.29, 0.717) is 26.2 Å². The van der Waals surface area contributed by atoms with Crippen LogP contribution in [0, 0.1) is 6.92 Å². The van der Waals surface area contributed by atoms with E-state index in [1.54, 1.807) is 19.9 Å². The van der Waals surface area contributed by atoms with Crippen molar-refractivity contribution in [1.82, 2.24) is 8.61 Å². The molecule has 0 radical (unpaired) electrons. The van der Waals surface area contributed by atoms with E-state index in [2.05, 4.69) is 19.1 Å². The Morgan fingerprint density at radius 2 is 2.14 bits per heavy atom. The average Bonchev–Trinajstić information content (AvgIpc) is 3.07. The second-order valence-electron chi connectivity index (χ2n) is 5.76. The molecule has 2 fully saturated rings. The SMILES string of the molecule is Cc1ccc([C@H]2CCCN2S(=O)(=O)N2CCO[C@H](C)C2)s1. The molecule has 3 rings (SSSR count). The summed E-state index contributed by atoms with van der Waals surface area (Å²) in [5.74, 6) is 0. The molecule has 0 aliphatic carbocycles. The molecule has 0 unspecified atom stereocenters. The maximum absolute atomic E-state index is 12.9. The largest absolute Gasteiger partial charge is 0.376 e. The molecule has 0 spiro atoms. The maximum atomic E-state index is 12.9. The van der Waals surface area contributed by atoms with Gasteiger partial charge in [-0.05, 0) is 38.8 Å². The van der Waals surface area contributed by atoms with Crippen molar-refractivity contribution in [2.75, 3.05) is 26.2 Å². The molecular formula is C14H22N2O3S2. The van der Waals surface area contributed by atoms with Crippen LogP contribution >= 0.6 is 11.3 Å². The Morgan fingerprint density at radius 3 is 2.81 bits per heavy atom. The van der Waals surface area contributed by atoms with Crippen LogP contribution in [0.4, 0.5) is 0 Å². The molecular weight excluding hydrogens is 308 g/mol. The fraction of sp³-hybridized carbons (Fsp3) is 0.714. The Hall–Kier alpha value is -0.470. The van der Waals surface area contributed by atoms with Crippen molar-refractivity contribution >= 4 is 21.5 Å². The van der Waals surface area contributed by atoms with E-state index in [9.17, 15) is 8.42 Å². The van der Waals surface area contributed by atoms with Gasteiger partial charge in [0.05, 0.1) is 18.8 Å². The standard InChI is InChI=1S/C14H22N2O3S2/c1-11-10-15(8-9-19-11)21(17,18)16-7-3-4-13(16)14-6-5-12(2)20-14/h5-6,11,13H,3-4,7-10H2,1-2H3/t11-,13-/m1/s1. The zero-order valence-electron chi connectivity index (χ0n) is 12.5. The van der Waals surface area contributed by atoms with Gasteiger partial charge in [-0.1, -0.05) is 0 Å². The van der Waals surface area contributed by atoms with E-state index in [4.69, 9.17) is 4.74 Å². The van der Waals surface area contributed by atoms with E-state index in [1.165, 1.54) is 4.88 Å². The summed E-state index contributed by atoms with van der Waals surface area (Å²) >= 11 is 1.70. The predicted octanol–water partition coefficient (Wildman–Crippen LogP) is 2.16. The minimum atomic E-state index is -3.39. The maximum Gasteiger partial charge on any atom is 0.282 e. The van der Waals surface area contributed by atoms with Crippen molar-refractivity contribution in [3.05, 3.63) is 21.9 Å². The summed E-state index contributed by atoms with van der Waals surface area (Å²) in [6.07, 6.45) is 1.82. The van der Waals surface area contributed by atoms with Crippen LogP contribution in [-0.4, -0.2) is 49.4 Å². The lowest BCUT2D eigenvalue weighted by Gasteiger charge is -2.35. The molecule has 0 aromatic carbocycles. The van der Waals surface area contributed by atoms with Gasteiger partial charge in [0.1, 0.15) is 0 Å². The molecule has 0 amide bonds. The highest BCUT2D eigenvalue weighted by Crippen LogP contribution is 2.38. The van der Waals surface area contributed by atoms with E-state index < -0.39 is 10.2 Å². The van der Waals surface area contributed by atoms with Crippen LogP contribution in [0.1, 0.15) is 35.6 Å². The molecule has 0 bridgehead atoms. The quantitative estimate of drug-likeness (QED) is 0.853. The minimum absolute atomic E-state index is 0.00634.